The van der Waals surface area contributed by atoms with Crippen molar-refractivity contribution in [3.05, 3.63) is 77.4 Å². The fraction of sp³-hybridized carbons (Fsp3) is 0.150. The molecule has 3 N–H and O–H groups in total. The fourth-order valence-electron chi connectivity index (χ4n) is 2.53. The van der Waals surface area contributed by atoms with Crippen molar-refractivity contribution < 1.29 is 18.0 Å². The van der Waals surface area contributed by atoms with Crippen LogP contribution in [0.3, 0.4) is 0 Å². The number of benzene rings is 1. The monoisotopic (exact) mass is 444 g/mol. The van der Waals surface area contributed by atoms with Gasteiger partial charge in [-0.05, 0) is 48.7 Å². The molecule has 2 amide bonds. The zero-order valence-corrected chi connectivity index (χ0v) is 17.7. The first-order valence-electron chi connectivity index (χ1n) is 9.00. The van der Waals surface area contributed by atoms with Crippen molar-refractivity contribution >= 4 is 38.9 Å². The Labute approximate surface area is 178 Å². The maximum Gasteiger partial charge on any atom is 0.251 e. The number of rotatable bonds is 8. The maximum atomic E-state index is 12.4. The largest absolute Gasteiger partial charge is 0.346 e. The molecule has 0 aliphatic heterocycles. The lowest BCUT2D eigenvalue weighted by Crippen LogP contribution is -2.41. The summed E-state index contributed by atoms with van der Waals surface area (Å²) in [4.78, 5) is 28.9. The van der Waals surface area contributed by atoms with Gasteiger partial charge in [0, 0.05) is 17.4 Å². The molecular formula is C20H20N4O4S2. The van der Waals surface area contributed by atoms with Crippen molar-refractivity contribution in [3.8, 4) is 0 Å². The van der Waals surface area contributed by atoms with E-state index in [-0.39, 0.29) is 16.7 Å². The molecule has 2 heterocycles. The zero-order chi connectivity index (χ0) is 21.6. The summed E-state index contributed by atoms with van der Waals surface area (Å²) < 4.78 is 27.0. The number of thiophene rings is 1. The molecule has 0 saturated carbocycles. The maximum absolute atomic E-state index is 12.4. The summed E-state index contributed by atoms with van der Waals surface area (Å²) in [6, 6.07) is 13.9. The lowest BCUT2D eigenvalue weighted by Gasteiger charge is -2.14. The van der Waals surface area contributed by atoms with Crippen LogP contribution in [-0.4, -0.2) is 31.3 Å². The van der Waals surface area contributed by atoms with Gasteiger partial charge >= 0.3 is 0 Å². The summed E-state index contributed by atoms with van der Waals surface area (Å²) in [5, 5.41) is 7.03. The Hall–Kier alpha value is -3.08. The molecule has 0 aliphatic rings. The van der Waals surface area contributed by atoms with E-state index < -0.39 is 22.0 Å². The van der Waals surface area contributed by atoms with E-state index in [0.29, 0.717) is 11.3 Å². The van der Waals surface area contributed by atoms with Crippen molar-refractivity contribution in [2.75, 3.05) is 5.32 Å². The highest BCUT2D eigenvalue weighted by Gasteiger charge is 2.23. The van der Waals surface area contributed by atoms with Gasteiger partial charge in [-0.1, -0.05) is 18.2 Å². The molecule has 0 bridgehead atoms. The highest BCUT2D eigenvalue weighted by atomic mass is 32.2. The Morgan fingerprint density at radius 2 is 1.93 bits per heavy atom. The summed E-state index contributed by atoms with van der Waals surface area (Å²) >= 11 is 1.06. The van der Waals surface area contributed by atoms with Crippen LogP contribution in [0.2, 0.25) is 0 Å². The van der Waals surface area contributed by atoms with Gasteiger partial charge in [0.2, 0.25) is 5.91 Å². The Morgan fingerprint density at radius 3 is 2.63 bits per heavy atom. The van der Waals surface area contributed by atoms with Crippen LogP contribution >= 0.6 is 11.3 Å². The van der Waals surface area contributed by atoms with Gasteiger partial charge in [-0.25, -0.2) is 8.42 Å². The first kappa shape index (κ1) is 21.6. The SMILES string of the molecule is CC(NS(=O)(=O)c1cccs1)C(=O)Nc1cccc(C(=O)NCc2ccccn2)c1. The third-order valence-corrected chi connectivity index (χ3v) is 6.97. The smallest absolute Gasteiger partial charge is 0.251 e. The Balaban J connectivity index is 1.60. The molecule has 156 valence electrons. The molecule has 8 nitrogen and oxygen atoms in total. The van der Waals surface area contributed by atoms with Crippen LogP contribution in [0, 0.1) is 0 Å². The van der Waals surface area contributed by atoms with E-state index in [1.54, 1.807) is 48.0 Å². The molecule has 0 fully saturated rings. The molecule has 1 unspecified atom stereocenters. The van der Waals surface area contributed by atoms with E-state index in [1.807, 2.05) is 6.07 Å². The van der Waals surface area contributed by atoms with Crippen LogP contribution in [0.4, 0.5) is 5.69 Å². The first-order valence-corrected chi connectivity index (χ1v) is 11.4. The Bertz CT molecular complexity index is 1120. The molecule has 1 atom stereocenters. The number of pyridine rings is 1. The van der Waals surface area contributed by atoms with E-state index >= 15 is 0 Å². The van der Waals surface area contributed by atoms with Crippen LogP contribution in [0.1, 0.15) is 23.0 Å². The fourth-order valence-corrected chi connectivity index (χ4v) is 4.74. The quantitative estimate of drug-likeness (QED) is 0.493. The summed E-state index contributed by atoms with van der Waals surface area (Å²) in [6.07, 6.45) is 1.64. The highest BCUT2D eigenvalue weighted by Crippen LogP contribution is 2.16. The van der Waals surface area contributed by atoms with Gasteiger partial charge in [0.15, 0.2) is 0 Å². The van der Waals surface area contributed by atoms with Crippen molar-refractivity contribution in [2.24, 2.45) is 0 Å². The van der Waals surface area contributed by atoms with E-state index in [1.165, 1.54) is 19.1 Å². The predicted molar refractivity (Wildman–Crippen MR) is 115 cm³/mol. The third kappa shape index (κ3) is 5.72. The number of hydrogen-bond acceptors (Lipinski definition) is 6. The van der Waals surface area contributed by atoms with E-state index in [2.05, 4.69) is 20.3 Å². The number of sulfonamides is 1. The Kier molecular flexibility index (Phi) is 6.93. The van der Waals surface area contributed by atoms with Gasteiger partial charge in [0.1, 0.15) is 4.21 Å². The Morgan fingerprint density at radius 1 is 1.10 bits per heavy atom. The minimum atomic E-state index is -3.77. The number of carbonyl (C=O) groups excluding carboxylic acids is 2. The van der Waals surface area contributed by atoms with Gasteiger partial charge in [-0.2, -0.15) is 4.72 Å². The summed E-state index contributed by atoms with van der Waals surface area (Å²) in [5.74, 6) is -0.857. The number of aromatic nitrogens is 1. The standard InChI is InChI=1S/C20H20N4O4S2/c1-14(24-30(27,28)18-9-5-11-29-18)19(25)23-16-8-4-6-15(12-16)20(26)22-13-17-7-2-3-10-21-17/h2-12,14,24H,13H2,1H3,(H,22,26)(H,23,25). The molecular weight excluding hydrogens is 424 g/mol. The normalized spacial score (nSPS) is 12.2. The lowest BCUT2D eigenvalue weighted by molar-refractivity contribution is -0.117. The van der Waals surface area contributed by atoms with E-state index in [9.17, 15) is 18.0 Å². The minimum absolute atomic E-state index is 0.133. The van der Waals surface area contributed by atoms with Crippen LogP contribution in [0.15, 0.2) is 70.4 Å². The van der Waals surface area contributed by atoms with E-state index in [0.717, 1.165) is 17.0 Å². The lowest BCUT2D eigenvalue weighted by atomic mass is 10.1. The topological polar surface area (TPSA) is 117 Å². The molecule has 3 aromatic rings. The molecule has 0 spiro atoms. The average Bonchev–Trinajstić information content (AvgIpc) is 3.29. The zero-order valence-electron chi connectivity index (χ0n) is 16.0. The number of nitrogens with one attached hydrogen (secondary N) is 3. The van der Waals surface area contributed by atoms with Crippen LogP contribution in [0.25, 0.3) is 0 Å². The second kappa shape index (κ2) is 9.61. The summed E-state index contributed by atoms with van der Waals surface area (Å²) in [5.41, 5.74) is 1.46. The number of nitrogens with zero attached hydrogens (tertiary/aromatic N) is 1. The predicted octanol–water partition coefficient (Wildman–Crippen LogP) is 2.38. The molecule has 1 aromatic carbocycles. The van der Waals surface area contributed by atoms with Gasteiger partial charge < -0.3 is 10.6 Å². The minimum Gasteiger partial charge on any atom is -0.346 e. The molecule has 30 heavy (non-hydrogen) atoms. The van der Waals surface area contributed by atoms with Gasteiger partial charge in [0.05, 0.1) is 18.3 Å². The first-order chi connectivity index (χ1) is 14.3. The molecule has 0 aliphatic carbocycles. The van der Waals surface area contributed by atoms with Gasteiger partial charge in [0.25, 0.3) is 15.9 Å². The van der Waals surface area contributed by atoms with Crippen molar-refractivity contribution in [1.82, 2.24) is 15.0 Å². The molecule has 10 heteroatoms. The third-order valence-electron chi connectivity index (χ3n) is 4.03. The summed E-state index contributed by atoms with van der Waals surface area (Å²) in [6.45, 7) is 1.72. The van der Waals surface area contributed by atoms with E-state index in [4.69, 9.17) is 0 Å². The number of amides is 2. The number of carbonyl (C=O) groups is 2. The number of hydrogen-bond donors (Lipinski definition) is 3. The van der Waals surface area contributed by atoms with Crippen LogP contribution in [0.5, 0.6) is 0 Å². The second-order valence-corrected chi connectivity index (χ2v) is 9.24. The van der Waals surface area contributed by atoms with Crippen LogP contribution in [-0.2, 0) is 21.4 Å². The van der Waals surface area contributed by atoms with Gasteiger partial charge in [-0.3, -0.25) is 14.6 Å². The molecule has 0 radical (unpaired) electrons. The molecule has 3 rings (SSSR count). The molecule has 2 aromatic heterocycles. The highest BCUT2D eigenvalue weighted by molar-refractivity contribution is 7.91. The second-order valence-electron chi connectivity index (χ2n) is 6.35. The number of anilines is 1. The van der Waals surface area contributed by atoms with Crippen LogP contribution < -0.4 is 15.4 Å². The van der Waals surface area contributed by atoms with Crippen molar-refractivity contribution in [3.63, 3.8) is 0 Å². The summed E-state index contributed by atoms with van der Waals surface area (Å²) in [7, 11) is -3.77. The molecule has 0 saturated heterocycles. The van der Waals surface area contributed by atoms with Crippen molar-refractivity contribution in [1.29, 1.82) is 0 Å². The van der Waals surface area contributed by atoms with Gasteiger partial charge in [-0.15, -0.1) is 11.3 Å². The van der Waals surface area contributed by atoms with Crippen molar-refractivity contribution in [2.45, 2.75) is 23.7 Å². The average molecular weight is 445 g/mol.